The zero-order chi connectivity index (χ0) is 19.8. The van der Waals surface area contributed by atoms with Crippen molar-refractivity contribution < 1.29 is 9.59 Å². The van der Waals surface area contributed by atoms with Gasteiger partial charge in [-0.3, -0.25) is 14.5 Å². The molecule has 8 heteroatoms. The summed E-state index contributed by atoms with van der Waals surface area (Å²) in [5, 5.41) is 12.3. The molecule has 29 heavy (non-hydrogen) atoms. The first-order valence-corrected chi connectivity index (χ1v) is 10.3. The second-order valence-electron chi connectivity index (χ2n) is 7.84. The Morgan fingerprint density at radius 1 is 1.17 bits per heavy atom. The van der Waals surface area contributed by atoms with Crippen molar-refractivity contribution in [2.24, 2.45) is 11.8 Å². The normalized spacial score (nSPS) is 28.2. The highest BCUT2D eigenvalue weighted by molar-refractivity contribution is 7.13. The molecule has 7 nitrogen and oxygen atoms in total. The molecule has 2 aliphatic carbocycles. The van der Waals surface area contributed by atoms with Gasteiger partial charge in [-0.1, -0.05) is 47.7 Å². The molecule has 2 saturated carbocycles. The molecule has 2 aromatic heterocycles. The Hall–Kier alpha value is -3.13. The quantitative estimate of drug-likeness (QED) is 0.720. The zero-order valence-corrected chi connectivity index (χ0v) is 16.4. The number of carbonyl (C=O) groups is 2. The molecular formula is C21H17N5O2S. The van der Waals surface area contributed by atoms with Crippen molar-refractivity contribution in [3.8, 4) is 0 Å². The topological polar surface area (TPSA) is 88.1 Å². The average molecular weight is 403 g/mol. The summed E-state index contributed by atoms with van der Waals surface area (Å²) in [4.78, 5) is 32.0. The number of nitrogens with zero attached hydrogens (tertiary/aromatic N) is 4. The lowest BCUT2D eigenvalue weighted by atomic mass is 9.93. The van der Waals surface area contributed by atoms with Gasteiger partial charge in [0.2, 0.25) is 5.01 Å². The Balaban J connectivity index is 1.22. The fourth-order valence-electron chi connectivity index (χ4n) is 4.85. The third-order valence-electron chi connectivity index (χ3n) is 6.29. The predicted octanol–water partition coefficient (Wildman–Crippen LogP) is 2.01. The van der Waals surface area contributed by atoms with Crippen LogP contribution in [0.3, 0.4) is 0 Å². The maximum atomic E-state index is 13.1. The molecule has 1 aromatic carbocycles. The first-order chi connectivity index (χ1) is 14.1. The minimum Gasteiger partial charge on any atom is -0.335 e. The number of carbonyl (C=O) groups excluding carboxylic acids is 2. The third-order valence-corrected chi connectivity index (χ3v) is 7.22. The van der Waals surface area contributed by atoms with Crippen molar-refractivity contribution in [1.82, 2.24) is 20.5 Å². The van der Waals surface area contributed by atoms with Crippen molar-refractivity contribution in [3.05, 3.63) is 69.8 Å². The molecule has 7 rings (SSSR count). The standard InChI is InChI=1S/C21H17N5O2S/c1-26-17-12(8-5-9-22-17)14-15-16(14)21(15,20(26)28)23-18(27)19-25-24-13(29-19)10-11-6-3-2-4-7-11/h2-9,14-16H,10H2,1H3,(H,23,27)/t14-,15+,16?,21+/m0/s1. The second kappa shape index (κ2) is 5.70. The number of hydrogen-bond donors (Lipinski definition) is 1. The number of aromatic nitrogens is 3. The van der Waals surface area contributed by atoms with E-state index >= 15 is 0 Å². The van der Waals surface area contributed by atoms with Crippen LogP contribution in [-0.4, -0.2) is 39.6 Å². The van der Waals surface area contributed by atoms with Gasteiger partial charge >= 0.3 is 0 Å². The summed E-state index contributed by atoms with van der Waals surface area (Å²) in [6, 6.07) is 13.9. The maximum absolute atomic E-state index is 13.1. The van der Waals surface area contributed by atoms with Crippen LogP contribution in [0.1, 0.15) is 31.9 Å². The van der Waals surface area contributed by atoms with Gasteiger partial charge in [0, 0.05) is 31.5 Å². The Morgan fingerprint density at radius 3 is 2.76 bits per heavy atom. The second-order valence-corrected chi connectivity index (χ2v) is 8.91. The van der Waals surface area contributed by atoms with E-state index in [1.165, 1.54) is 11.3 Å². The zero-order valence-electron chi connectivity index (χ0n) is 15.6. The van der Waals surface area contributed by atoms with E-state index < -0.39 is 5.54 Å². The van der Waals surface area contributed by atoms with E-state index in [4.69, 9.17) is 0 Å². The number of nitrogens with one attached hydrogen (secondary N) is 1. The molecule has 0 radical (unpaired) electrons. The molecule has 1 unspecified atom stereocenters. The van der Waals surface area contributed by atoms with Crippen LogP contribution in [-0.2, 0) is 11.2 Å². The molecule has 2 bridgehead atoms. The molecule has 3 aromatic rings. The van der Waals surface area contributed by atoms with Gasteiger partial charge < -0.3 is 5.32 Å². The van der Waals surface area contributed by atoms with Crippen LogP contribution in [0.4, 0.5) is 5.82 Å². The molecule has 144 valence electrons. The maximum Gasteiger partial charge on any atom is 0.283 e. The number of anilines is 1. The highest BCUT2D eigenvalue weighted by Crippen LogP contribution is 2.82. The van der Waals surface area contributed by atoms with Crippen LogP contribution in [0.15, 0.2) is 48.7 Å². The van der Waals surface area contributed by atoms with Crippen LogP contribution in [0, 0.1) is 11.8 Å². The first-order valence-electron chi connectivity index (χ1n) is 9.53. The van der Waals surface area contributed by atoms with E-state index in [2.05, 4.69) is 20.5 Å². The van der Waals surface area contributed by atoms with E-state index in [1.54, 1.807) is 18.1 Å². The molecule has 0 saturated heterocycles. The van der Waals surface area contributed by atoms with Gasteiger partial charge in [0.05, 0.1) is 0 Å². The summed E-state index contributed by atoms with van der Waals surface area (Å²) >= 11 is 1.27. The lowest BCUT2D eigenvalue weighted by Crippen LogP contribution is -2.54. The minimum absolute atomic E-state index is 0.0939. The van der Waals surface area contributed by atoms with Gasteiger partial charge in [-0.2, -0.15) is 0 Å². The van der Waals surface area contributed by atoms with E-state index in [0.29, 0.717) is 23.2 Å². The van der Waals surface area contributed by atoms with E-state index in [9.17, 15) is 9.59 Å². The molecule has 2 aliphatic heterocycles. The lowest BCUT2D eigenvalue weighted by Gasteiger charge is -2.25. The molecule has 4 aliphatic rings. The monoisotopic (exact) mass is 403 g/mol. The Kier molecular flexibility index (Phi) is 3.30. The summed E-state index contributed by atoms with van der Waals surface area (Å²) < 4.78 is 0. The SMILES string of the molecule is CN1C(=O)[C@]2(NC(=O)c3nnc(Cc4ccccc4)s3)C3[C@@H](c4cccnc41)[C@H]32. The molecular weight excluding hydrogens is 386 g/mol. The number of rotatable bonds is 4. The Morgan fingerprint density at radius 2 is 1.97 bits per heavy atom. The van der Waals surface area contributed by atoms with E-state index in [-0.39, 0.29) is 23.7 Å². The van der Waals surface area contributed by atoms with Crippen LogP contribution in [0.5, 0.6) is 0 Å². The van der Waals surface area contributed by atoms with Crippen molar-refractivity contribution in [2.75, 3.05) is 11.9 Å². The first kappa shape index (κ1) is 16.8. The molecule has 4 heterocycles. The summed E-state index contributed by atoms with van der Waals surface area (Å²) in [5.74, 6) is 0.893. The molecule has 1 N–H and O–H groups in total. The van der Waals surface area contributed by atoms with Crippen LogP contribution in [0.25, 0.3) is 0 Å². The molecule has 0 spiro atoms. The van der Waals surface area contributed by atoms with Gasteiger partial charge in [0.1, 0.15) is 16.4 Å². The van der Waals surface area contributed by atoms with Crippen LogP contribution >= 0.6 is 11.3 Å². The third kappa shape index (κ3) is 2.26. The van der Waals surface area contributed by atoms with Gasteiger partial charge in [-0.15, -0.1) is 10.2 Å². The van der Waals surface area contributed by atoms with Crippen molar-refractivity contribution in [2.45, 2.75) is 17.9 Å². The summed E-state index contributed by atoms with van der Waals surface area (Å²) in [6.45, 7) is 0. The van der Waals surface area contributed by atoms with Crippen molar-refractivity contribution >= 4 is 29.0 Å². The minimum atomic E-state index is -0.817. The highest BCUT2D eigenvalue weighted by Gasteiger charge is 2.90. The van der Waals surface area contributed by atoms with Gasteiger partial charge in [0.25, 0.3) is 11.8 Å². The van der Waals surface area contributed by atoms with Crippen molar-refractivity contribution in [1.29, 1.82) is 0 Å². The Labute approximate surface area is 170 Å². The smallest absolute Gasteiger partial charge is 0.283 e. The number of pyridine rings is 1. The Bertz CT molecular complexity index is 1150. The molecule has 2 amide bonds. The molecule has 2 fully saturated rings. The fourth-order valence-corrected chi connectivity index (χ4v) is 5.61. The van der Waals surface area contributed by atoms with Crippen LogP contribution < -0.4 is 10.2 Å². The molecule has 4 atom stereocenters. The lowest BCUT2D eigenvalue weighted by molar-refractivity contribution is -0.122. The number of likely N-dealkylation sites (N-methyl/N-ethyl adjacent to an activating group) is 1. The van der Waals surface area contributed by atoms with Crippen molar-refractivity contribution in [3.63, 3.8) is 0 Å². The number of fused-ring (bicyclic) bond motifs is 1. The number of benzene rings is 1. The van der Waals surface area contributed by atoms with Gasteiger partial charge in [-0.25, -0.2) is 4.98 Å². The number of amides is 2. The summed E-state index contributed by atoms with van der Waals surface area (Å²) in [5.41, 5.74) is 1.40. The number of hydrogen-bond acceptors (Lipinski definition) is 6. The largest absolute Gasteiger partial charge is 0.335 e. The van der Waals surface area contributed by atoms with E-state index in [0.717, 1.165) is 16.1 Å². The highest BCUT2D eigenvalue weighted by atomic mass is 32.1. The van der Waals surface area contributed by atoms with Crippen LogP contribution in [0.2, 0.25) is 0 Å². The fraction of sp³-hybridized carbons (Fsp3) is 0.286. The predicted molar refractivity (Wildman–Crippen MR) is 107 cm³/mol. The van der Waals surface area contributed by atoms with Gasteiger partial charge in [-0.05, 0) is 23.1 Å². The average Bonchev–Trinajstić information content (AvgIpc) is 3.60. The van der Waals surface area contributed by atoms with Gasteiger partial charge in [0.15, 0.2) is 0 Å². The van der Waals surface area contributed by atoms with E-state index in [1.807, 2.05) is 42.5 Å². The summed E-state index contributed by atoms with van der Waals surface area (Å²) in [7, 11) is 1.73. The summed E-state index contributed by atoms with van der Waals surface area (Å²) in [6.07, 6.45) is 2.33.